The lowest BCUT2D eigenvalue weighted by Gasteiger charge is -2.17. The van der Waals surface area contributed by atoms with Gasteiger partial charge in [-0.05, 0) is 17.8 Å². The normalized spacial score (nSPS) is 26.6. The second-order valence-corrected chi connectivity index (χ2v) is 4.69. The van der Waals surface area contributed by atoms with E-state index in [4.69, 9.17) is 14.6 Å². The van der Waals surface area contributed by atoms with Gasteiger partial charge in [0, 0.05) is 0 Å². The molecule has 4 heteroatoms. The number of ether oxygens (including phenoxy) is 3. The Morgan fingerprint density at radius 3 is 2.43 bits per heavy atom. The molecule has 0 aromatic carbocycles. The van der Waals surface area contributed by atoms with E-state index in [0.29, 0.717) is 17.4 Å². The molecule has 1 fully saturated rings. The second kappa shape index (κ2) is 5.07. The highest BCUT2D eigenvalue weighted by molar-refractivity contribution is 4.95. The maximum Gasteiger partial charge on any atom is 0.152 e. The highest BCUT2D eigenvalue weighted by atomic mass is 16.8. The van der Waals surface area contributed by atoms with E-state index in [0.717, 1.165) is 6.42 Å². The Kier molecular flexibility index (Phi) is 4.31. The third-order valence-electron chi connectivity index (χ3n) is 2.47. The maximum absolute atomic E-state index is 8.29. The first-order chi connectivity index (χ1) is 6.55. The zero-order chi connectivity index (χ0) is 10.6. The van der Waals surface area contributed by atoms with E-state index in [2.05, 4.69) is 25.5 Å². The molecule has 2 unspecified atom stereocenters. The molecule has 0 aromatic heterocycles. The van der Waals surface area contributed by atoms with Crippen molar-refractivity contribution in [2.75, 3.05) is 20.4 Å². The Balaban J connectivity index is 1.96. The van der Waals surface area contributed by atoms with Gasteiger partial charge < -0.3 is 19.3 Å². The van der Waals surface area contributed by atoms with E-state index >= 15 is 0 Å². The van der Waals surface area contributed by atoms with Crippen molar-refractivity contribution < 1.29 is 19.3 Å². The SMILES string of the molecule is CC(C)(C)C1CC1OCOCOCO. The zero-order valence-electron chi connectivity index (χ0n) is 9.16. The summed E-state index contributed by atoms with van der Waals surface area (Å²) in [6.45, 7) is 6.68. The van der Waals surface area contributed by atoms with Crippen molar-refractivity contribution in [1.29, 1.82) is 0 Å². The van der Waals surface area contributed by atoms with Crippen LogP contribution in [0.2, 0.25) is 0 Å². The minimum atomic E-state index is -0.311. The van der Waals surface area contributed by atoms with E-state index in [1.54, 1.807) is 0 Å². The maximum atomic E-state index is 8.29. The van der Waals surface area contributed by atoms with Crippen LogP contribution >= 0.6 is 0 Å². The summed E-state index contributed by atoms with van der Waals surface area (Å²) < 4.78 is 15.0. The lowest BCUT2D eigenvalue weighted by atomic mass is 9.90. The molecular weight excluding hydrogens is 184 g/mol. The van der Waals surface area contributed by atoms with Gasteiger partial charge in [-0.3, -0.25) is 0 Å². The Morgan fingerprint density at radius 1 is 1.21 bits per heavy atom. The Morgan fingerprint density at radius 2 is 1.93 bits per heavy atom. The molecule has 2 atom stereocenters. The predicted molar refractivity (Wildman–Crippen MR) is 51.4 cm³/mol. The molecule has 84 valence electrons. The Hall–Kier alpha value is -0.160. The first kappa shape index (κ1) is 11.9. The standard InChI is InChI=1S/C10H20O4/c1-10(2,3)8-4-9(8)14-7-13-6-12-5-11/h8-9,11H,4-7H2,1-3H3. The summed E-state index contributed by atoms with van der Waals surface area (Å²) in [4.78, 5) is 0. The van der Waals surface area contributed by atoms with Gasteiger partial charge in [0.1, 0.15) is 13.6 Å². The lowest BCUT2D eigenvalue weighted by molar-refractivity contribution is -0.162. The number of aliphatic hydroxyl groups excluding tert-OH is 1. The molecule has 1 aliphatic carbocycles. The summed E-state index contributed by atoms with van der Waals surface area (Å²) in [7, 11) is 0. The van der Waals surface area contributed by atoms with Crippen LogP contribution in [0.25, 0.3) is 0 Å². The van der Waals surface area contributed by atoms with Crippen LogP contribution in [0.15, 0.2) is 0 Å². The largest absolute Gasteiger partial charge is 0.371 e. The van der Waals surface area contributed by atoms with Crippen LogP contribution in [0.3, 0.4) is 0 Å². The molecule has 14 heavy (non-hydrogen) atoms. The summed E-state index contributed by atoms with van der Waals surface area (Å²) in [6.07, 6.45) is 1.46. The molecule has 0 heterocycles. The zero-order valence-corrected chi connectivity index (χ0v) is 9.16. The smallest absolute Gasteiger partial charge is 0.152 e. The molecule has 1 N–H and O–H groups in total. The van der Waals surface area contributed by atoms with Gasteiger partial charge in [-0.2, -0.15) is 0 Å². The van der Waals surface area contributed by atoms with Crippen molar-refractivity contribution in [3.05, 3.63) is 0 Å². The number of hydrogen-bond acceptors (Lipinski definition) is 4. The molecule has 1 saturated carbocycles. The molecule has 4 nitrogen and oxygen atoms in total. The Labute approximate surface area is 85.2 Å². The molecule has 0 radical (unpaired) electrons. The van der Waals surface area contributed by atoms with Crippen molar-refractivity contribution in [2.24, 2.45) is 11.3 Å². The average molecular weight is 204 g/mol. The number of aliphatic hydroxyl groups is 1. The van der Waals surface area contributed by atoms with E-state index in [1.165, 1.54) is 0 Å². The van der Waals surface area contributed by atoms with Crippen LogP contribution in [-0.2, 0) is 14.2 Å². The van der Waals surface area contributed by atoms with Crippen LogP contribution in [0.5, 0.6) is 0 Å². The molecule has 0 aromatic rings. The van der Waals surface area contributed by atoms with Crippen molar-refractivity contribution in [2.45, 2.75) is 33.3 Å². The first-order valence-electron chi connectivity index (χ1n) is 4.93. The topological polar surface area (TPSA) is 47.9 Å². The van der Waals surface area contributed by atoms with E-state index in [-0.39, 0.29) is 20.4 Å². The van der Waals surface area contributed by atoms with E-state index in [9.17, 15) is 0 Å². The number of hydrogen-bond donors (Lipinski definition) is 1. The molecule has 0 amide bonds. The van der Waals surface area contributed by atoms with Gasteiger partial charge >= 0.3 is 0 Å². The third-order valence-corrected chi connectivity index (χ3v) is 2.47. The van der Waals surface area contributed by atoms with Gasteiger partial charge in [-0.1, -0.05) is 20.8 Å². The van der Waals surface area contributed by atoms with Crippen molar-refractivity contribution >= 4 is 0 Å². The highest BCUT2D eigenvalue weighted by Gasteiger charge is 2.46. The van der Waals surface area contributed by atoms with Crippen LogP contribution in [-0.4, -0.2) is 31.6 Å². The minimum absolute atomic E-state index is 0.0867. The van der Waals surface area contributed by atoms with Crippen LogP contribution in [0.4, 0.5) is 0 Å². The predicted octanol–water partition coefficient (Wildman–Crippen LogP) is 1.34. The van der Waals surface area contributed by atoms with Crippen molar-refractivity contribution in [1.82, 2.24) is 0 Å². The third kappa shape index (κ3) is 3.92. The highest BCUT2D eigenvalue weighted by Crippen LogP contribution is 2.46. The monoisotopic (exact) mass is 204 g/mol. The first-order valence-corrected chi connectivity index (χ1v) is 4.93. The summed E-state index contributed by atoms with van der Waals surface area (Å²) in [5.41, 5.74) is 0.326. The average Bonchev–Trinajstić information content (AvgIpc) is 2.82. The molecule has 1 rings (SSSR count). The van der Waals surface area contributed by atoms with Gasteiger partial charge in [0.15, 0.2) is 6.79 Å². The fourth-order valence-corrected chi connectivity index (χ4v) is 1.53. The van der Waals surface area contributed by atoms with Gasteiger partial charge in [-0.25, -0.2) is 0 Å². The summed E-state index contributed by atoms with van der Waals surface area (Å²) in [5.74, 6) is 0.643. The quantitative estimate of drug-likeness (QED) is 0.524. The van der Waals surface area contributed by atoms with Gasteiger partial charge in [0.2, 0.25) is 0 Å². The fraction of sp³-hybridized carbons (Fsp3) is 1.00. The van der Waals surface area contributed by atoms with Crippen LogP contribution < -0.4 is 0 Å². The van der Waals surface area contributed by atoms with Crippen LogP contribution in [0, 0.1) is 11.3 Å². The molecule has 0 spiro atoms. The molecule has 0 aliphatic heterocycles. The van der Waals surface area contributed by atoms with E-state index < -0.39 is 0 Å². The fourth-order valence-electron chi connectivity index (χ4n) is 1.53. The van der Waals surface area contributed by atoms with Gasteiger partial charge in [0.05, 0.1) is 6.10 Å². The molecule has 0 saturated heterocycles. The minimum Gasteiger partial charge on any atom is -0.371 e. The summed E-state index contributed by atoms with van der Waals surface area (Å²) >= 11 is 0. The summed E-state index contributed by atoms with van der Waals surface area (Å²) in [5, 5.41) is 8.29. The van der Waals surface area contributed by atoms with E-state index in [1.807, 2.05) is 0 Å². The molecular formula is C10H20O4. The second-order valence-electron chi connectivity index (χ2n) is 4.69. The Bertz CT molecular complexity index is 164. The van der Waals surface area contributed by atoms with Crippen molar-refractivity contribution in [3.63, 3.8) is 0 Å². The lowest BCUT2D eigenvalue weighted by Crippen LogP contribution is -2.14. The van der Waals surface area contributed by atoms with Crippen molar-refractivity contribution in [3.8, 4) is 0 Å². The molecule has 0 bridgehead atoms. The number of rotatable bonds is 6. The van der Waals surface area contributed by atoms with Gasteiger partial charge in [0.25, 0.3) is 0 Å². The summed E-state index contributed by atoms with van der Waals surface area (Å²) in [6, 6.07) is 0. The molecule has 1 aliphatic rings. The van der Waals surface area contributed by atoms with Crippen LogP contribution in [0.1, 0.15) is 27.2 Å². The van der Waals surface area contributed by atoms with Gasteiger partial charge in [-0.15, -0.1) is 0 Å².